The van der Waals surface area contributed by atoms with E-state index in [1.807, 2.05) is 38.1 Å². The van der Waals surface area contributed by atoms with E-state index in [9.17, 15) is 9.59 Å². The van der Waals surface area contributed by atoms with E-state index < -0.39 is 5.97 Å². The van der Waals surface area contributed by atoms with Crippen LogP contribution < -0.4 is 5.32 Å². The second-order valence-electron chi connectivity index (χ2n) is 6.85. The molecule has 2 aromatic rings. The van der Waals surface area contributed by atoms with Crippen molar-refractivity contribution in [3.63, 3.8) is 0 Å². The van der Waals surface area contributed by atoms with Crippen molar-refractivity contribution in [3.8, 4) is 0 Å². The first-order valence-corrected chi connectivity index (χ1v) is 9.40. The van der Waals surface area contributed by atoms with Gasteiger partial charge in [0, 0.05) is 10.6 Å². The minimum absolute atomic E-state index is 0.273. The predicted molar refractivity (Wildman–Crippen MR) is 100 cm³/mol. The highest BCUT2D eigenvalue weighted by molar-refractivity contribution is 7.14. The molecule has 0 radical (unpaired) electrons. The van der Waals surface area contributed by atoms with Crippen LogP contribution in [0.4, 0.5) is 5.69 Å². The summed E-state index contributed by atoms with van der Waals surface area (Å²) in [6.07, 6.45) is 3.22. The molecule has 3 rings (SSSR count). The average Bonchev–Trinajstić information content (AvgIpc) is 2.99. The fraction of sp³-hybridized carbons (Fsp3) is 0.400. The third-order valence-corrected chi connectivity index (χ3v) is 5.75. The van der Waals surface area contributed by atoms with Gasteiger partial charge in [-0.15, -0.1) is 11.3 Å². The number of anilines is 1. The van der Waals surface area contributed by atoms with Crippen molar-refractivity contribution in [1.82, 2.24) is 0 Å². The van der Waals surface area contributed by atoms with Gasteiger partial charge in [-0.3, -0.25) is 4.79 Å². The molecule has 1 atom stereocenters. The summed E-state index contributed by atoms with van der Waals surface area (Å²) in [4.78, 5) is 26.2. The summed E-state index contributed by atoms with van der Waals surface area (Å²) in [5.41, 5.74) is 4.05. The van der Waals surface area contributed by atoms with E-state index in [2.05, 4.69) is 12.2 Å². The Kier molecular flexibility index (Phi) is 5.23. The van der Waals surface area contributed by atoms with Gasteiger partial charge < -0.3 is 10.1 Å². The molecule has 4 nitrogen and oxygen atoms in total. The zero-order valence-electron chi connectivity index (χ0n) is 14.8. The van der Waals surface area contributed by atoms with Gasteiger partial charge in [0.2, 0.25) is 0 Å². The molecule has 0 fully saturated rings. The number of thiophene rings is 1. The molecule has 132 valence electrons. The largest absolute Gasteiger partial charge is 0.451 e. The van der Waals surface area contributed by atoms with Crippen LogP contribution in [0.5, 0.6) is 0 Å². The Morgan fingerprint density at radius 2 is 2.08 bits per heavy atom. The number of carbonyl (C=O) groups is 2. The molecule has 0 unspecified atom stereocenters. The lowest BCUT2D eigenvalue weighted by atomic mass is 9.90. The highest BCUT2D eigenvalue weighted by atomic mass is 32.1. The SMILES string of the molecule is Cc1ccc(C)c(NC(=O)COC(=O)c2cc3c(s2)CC[C@@H](C)C3)c1. The Balaban J connectivity index is 1.57. The van der Waals surface area contributed by atoms with Crippen LogP contribution in [0.25, 0.3) is 0 Å². The summed E-state index contributed by atoms with van der Waals surface area (Å²) in [6, 6.07) is 7.78. The van der Waals surface area contributed by atoms with Gasteiger partial charge in [-0.1, -0.05) is 19.1 Å². The second-order valence-corrected chi connectivity index (χ2v) is 7.99. The van der Waals surface area contributed by atoms with Gasteiger partial charge in [-0.25, -0.2) is 4.79 Å². The summed E-state index contributed by atoms with van der Waals surface area (Å²) in [6.45, 7) is 5.86. The summed E-state index contributed by atoms with van der Waals surface area (Å²) >= 11 is 1.50. The first kappa shape index (κ1) is 17.7. The highest BCUT2D eigenvalue weighted by Gasteiger charge is 2.21. The van der Waals surface area contributed by atoms with Crippen LogP contribution in [0.15, 0.2) is 24.3 Å². The number of rotatable bonds is 4. The normalized spacial score (nSPS) is 16.2. The molecule has 1 amide bonds. The van der Waals surface area contributed by atoms with Crippen molar-refractivity contribution in [2.75, 3.05) is 11.9 Å². The number of hydrogen-bond acceptors (Lipinski definition) is 4. The minimum atomic E-state index is -0.414. The van der Waals surface area contributed by atoms with Crippen molar-refractivity contribution in [2.45, 2.75) is 40.0 Å². The number of nitrogens with one attached hydrogen (secondary N) is 1. The first-order valence-electron chi connectivity index (χ1n) is 8.58. The number of aryl methyl sites for hydroxylation is 3. The lowest BCUT2D eigenvalue weighted by Crippen LogP contribution is -2.21. The summed E-state index contributed by atoms with van der Waals surface area (Å²) in [5.74, 6) is -0.0746. The standard InChI is InChI=1S/C20H23NO3S/c1-12-5-7-17-15(8-12)10-18(25-17)20(23)24-11-19(22)21-16-9-13(2)4-6-14(16)3/h4,6,9-10,12H,5,7-8,11H2,1-3H3,(H,21,22)/t12-/m1/s1. The maximum absolute atomic E-state index is 12.2. The smallest absolute Gasteiger partial charge is 0.348 e. The molecule has 1 aromatic heterocycles. The van der Waals surface area contributed by atoms with E-state index in [0.717, 1.165) is 29.7 Å². The van der Waals surface area contributed by atoms with E-state index in [4.69, 9.17) is 4.74 Å². The Morgan fingerprint density at radius 1 is 1.28 bits per heavy atom. The van der Waals surface area contributed by atoms with E-state index in [1.54, 1.807) is 0 Å². The molecule has 1 aromatic carbocycles. The summed E-state index contributed by atoms with van der Waals surface area (Å²) < 4.78 is 5.20. The Labute approximate surface area is 152 Å². The molecule has 1 N–H and O–H groups in total. The molecule has 0 saturated heterocycles. The van der Waals surface area contributed by atoms with Gasteiger partial charge in [0.15, 0.2) is 6.61 Å². The van der Waals surface area contributed by atoms with Gasteiger partial charge in [-0.2, -0.15) is 0 Å². The van der Waals surface area contributed by atoms with Crippen LogP contribution in [-0.4, -0.2) is 18.5 Å². The highest BCUT2D eigenvalue weighted by Crippen LogP contribution is 2.32. The number of carbonyl (C=O) groups excluding carboxylic acids is 2. The molecular weight excluding hydrogens is 334 g/mol. The molecule has 1 aliphatic rings. The molecule has 5 heteroatoms. The maximum Gasteiger partial charge on any atom is 0.348 e. The van der Waals surface area contributed by atoms with Gasteiger partial charge >= 0.3 is 5.97 Å². The Bertz CT molecular complexity index is 809. The number of benzene rings is 1. The van der Waals surface area contributed by atoms with Crippen molar-refractivity contribution >= 4 is 28.9 Å². The third-order valence-electron chi connectivity index (χ3n) is 4.53. The molecule has 0 aliphatic heterocycles. The maximum atomic E-state index is 12.2. The second kappa shape index (κ2) is 7.40. The van der Waals surface area contributed by atoms with E-state index in [0.29, 0.717) is 10.8 Å². The fourth-order valence-corrected chi connectivity index (χ4v) is 4.17. The van der Waals surface area contributed by atoms with Crippen molar-refractivity contribution in [3.05, 3.63) is 50.7 Å². The quantitative estimate of drug-likeness (QED) is 0.831. The van der Waals surface area contributed by atoms with Gasteiger partial charge in [0.25, 0.3) is 5.91 Å². The zero-order chi connectivity index (χ0) is 18.0. The van der Waals surface area contributed by atoms with E-state index in [1.165, 1.54) is 28.2 Å². The first-order chi connectivity index (χ1) is 11.9. The number of hydrogen-bond donors (Lipinski definition) is 1. The number of fused-ring (bicyclic) bond motifs is 1. The predicted octanol–water partition coefficient (Wildman–Crippen LogP) is 4.29. The van der Waals surface area contributed by atoms with Crippen LogP contribution in [-0.2, 0) is 22.4 Å². The Hall–Kier alpha value is -2.14. The molecule has 1 heterocycles. The zero-order valence-corrected chi connectivity index (χ0v) is 15.7. The average molecular weight is 357 g/mol. The van der Waals surface area contributed by atoms with Crippen LogP contribution in [0.3, 0.4) is 0 Å². The molecule has 0 saturated carbocycles. The van der Waals surface area contributed by atoms with Gasteiger partial charge in [0.1, 0.15) is 4.88 Å². The van der Waals surface area contributed by atoms with Crippen LogP contribution in [0.2, 0.25) is 0 Å². The summed E-state index contributed by atoms with van der Waals surface area (Å²) in [5, 5.41) is 2.80. The Morgan fingerprint density at radius 3 is 2.88 bits per heavy atom. The van der Waals surface area contributed by atoms with Crippen LogP contribution >= 0.6 is 11.3 Å². The molecule has 25 heavy (non-hydrogen) atoms. The lowest BCUT2D eigenvalue weighted by molar-refractivity contribution is -0.119. The van der Waals surface area contributed by atoms with Crippen LogP contribution in [0, 0.1) is 19.8 Å². The monoisotopic (exact) mass is 357 g/mol. The number of amides is 1. The summed E-state index contributed by atoms with van der Waals surface area (Å²) in [7, 11) is 0. The third kappa shape index (κ3) is 4.28. The van der Waals surface area contributed by atoms with Crippen molar-refractivity contribution in [2.24, 2.45) is 5.92 Å². The topological polar surface area (TPSA) is 55.4 Å². The number of esters is 1. The van der Waals surface area contributed by atoms with Crippen molar-refractivity contribution in [1.29, 1.82) is 0 Å². The molecule has 1 aliphatic carbocycles. The van der Waals surface area contributed by atoms with Crippen molar-refractivity contribution < 1.29 is 14.3 Å². The molecule has 0 spiro atoms. The van der Waals surface area contributed by atoms with Gasteiger partial charge in [0.05, 0.1) is 0 Å². The number of ether oxygens (including phenoxy) is 1. The molecular formula is C20H23NO3S. The van der Waals surface area contributed by atoms with Gasteiger partial charge in [-0.05, 0) is 67.9 Å². The molecule has 0 bridgehead atoms. The van der Waals surface area contributed by atoms with E-state index in [-0.39, 0.29) is 12.5 Å². The fourth-order valence-electron chi connectivity index (χ4n) is 3.07. The lowest BCUT2D eigenvalue weighted by Gasteiger charge is -2.16. The van der Waals surface area contributed by atoms with Crippen LogP contribution in [0.1, 0.15) is 44.6 Å². The minimum Gasteiger partial charge on any atom is -0.451 e. The van der Waals surface area contributed by atoms with E-state index >= 15 is 0 Å².